The molecule has 0 radical (unpaired) electrons. The minimum atomic E-state index is -3.95. The van der Waals surface area contributed by atoms with Gasteiger partial charge >= 0.3 is 0 Å². The summed E-state index contributed by atoms with van der Waals surface area (Å²) < 4.78 is 27.4. The molecular formula is C27H28BrCl2N3O4S. The Kier molecular flexibility index (Phi) is 10.6. The summed E-state index contributed by atoms with van der Waals surface area (Å²) in [6.45, 7) is 1.67. The van der Waals surface area contributed by atoms with Gasteiger partial charge < -0.3 is 10.2 Å². The first-order valence-electron chi connectivity index (χ1n) is 11.8. The van der Waals surface area contributed by atoms with Crippen molar-refractivity contribution in [3.8, 4) is 0 Å². The van der Waals surface area contributed by atoms with Crippen LogP contribution in [0.25, 0.3) is 0 Å². The van der Waals surface area contributed by atoms with Crippen LogP contribution in [0.15, 0.2) is 77.3 Å². The summed E-state index contributed by atoms with van der Waals surface area (Å²) in [6, 6.07) is 20.4. The molecular weight excluding hydrogens is 613 g/mol. The molecule has 3 aromatic carbocycles. The van der Waals surface area contributed by atoms with Gasteiger partial charge in [-0.25, -0.2) is 8.42 Å². The Hall–Kier alpha value is -2.59. The van der Waals surface area contributed by atoms with Crippen molar-refractivity contribution in [2.45, 2.75) is 25.9 Å². The summed E-state index contributed by atoms with van der Waals surface area (Å²) >= 11 is 15.9. The van der Waals surface area contributed by atoms with E-state index in [0.29, 0.717) is 6.54 Å². The number of carbonyl (C=O) groups is 2. The maximum Gasteiger partial charge on any atom is 0.244 e. The third-order valence-electron chi connectivity index (χ3n) is 5.74. The van der Waals surface area contributed by atoms with Crippen LogP contribution in [0.1, 0.15) is 18.1 Å². The van der Waals surface area contributed by atoms with E-state index in [1.54, 1.807) is 13.0 Å². The van der Waals surface area contributed by atoms with Crippen LogP contribution in [0.3, 0.4) is 0 Å². The van der Waals surface area contributed by atoms with Crippen molar-refractivity contribution in [1.29, 1.82) is 0 Å². The second-order valence-corrected chi connectivity index (χ2v) is 12.2. The number of anilines is 1. The van der Waals surface area contributed by atoms with E-state index in [1.807, 2.05) is 54.6 Å². The van der Waals surface area contributed by atoms with Gasteiger partial charge in [-0.15, -0.1) is 0 Å². The maximum atomic E-state index is 14.0. The second-order valence-electron chi connectivity index (χ2n) is 8.59. The molecule has 7 nitrogen and oxygen atoms in total. The Morgan fingerprint density at radius 2 is 1.63 bits per heavy atom. The summed E-state index contributed by atoms with van der Waals surface area (Å²) in [5.41, 5.74) is 1.70. The number of amides is 2. The van der Waals surface area contributed by atoms with E-state index >= 15 is 0 Å². The number of rotatable bonds is 11. The fourth-order valence-corrected chi connectivity index (χ4v) is 5.71. The van der Waals surface area contributed by atoms with Gasteiger partial charge in [0.25, 0.3) is 0 Å². The molecule has 1 atom stereocenters. The van der Waals surface area contributed by atoms with Gasteiger partial charge in [0, 0.05) is 24.0 Å². The second kappa shape index (κ2) is 13.5. The highest BCUT2D eigenvalue weighted by Gasteiger charge is 2.33. The number of nitrogens with zero attached hydrogens (tertiary/aromatic N) is 2. The fourth-order valence-electron chi connectivity index (χ4n) is 3.96. The molecule has 0 saturated heterocycles. The minimum absolute atomic E-state index is 0.00972. The third-order valence-corrected chi connectivity index (χ3v) is 8.17. The van der Waals surface area contributed by atoms with Gasteiger partial charge in [0.1, 0.15) is 12.6 Å². The Labute approximate surface area is 241 Å². The molecule has 3 rings (SSSR count). The monoisotopic (exact) mass is 639 g/mol. The standard InChI is InChI=1S/C27H28BrCl2N3O4S/c1-3-31-27(35)24(16-19-9-5-4-6-10-19)32(17-20-11-7-12-21(28)15-20)25(34)18-33(38(2,36)37)23-14-8-13-22(29)26(23)30/h4-15,24H,3,16-18H2,1-2H3,(H,31,35)/t24-/m1/s1. The lowest BCUT2D eigenvalue weighted by Crippen LogP contribution is -2.53. The van der Waals surface area contributed by atoms with E-state index in [4.69, 9.17) is 23.2 Å². The van der Waals surface area contributed by atoms with E-state index in [-0.39, 0.29) is 34.6 Å². The molecule has 0 heterocycles. The SMILES string of the molecule is CCNC(=O)[C@@H](Cc1ccccc1)N(Cc1cccc(Br)c1)C(=O)CN(c1cccc(Cl)c1Cl)S(C)(=O)=O. The van der Waals surface area contributed by atoms with Crippen molar-refractivity contribution < 1.29 is 18.0 Å². The lowest BCUT2D eigenvalue weighted by molar-refractivity contribution is -0.140. The van der Waals surface area contributed by atoms with E-state index in [9.17, 15) is 18.0 Å². The predicted octanol–water partition coefficient (Wildman–Crippen LogP) is 5.30. The summed E-state index contributed by atoms with van der Waals surface area (Å²) in [5.74, 6) is -0.912. The van der Waals surface area contributed by atoms with Gasteiger partial charge in [-0.2, -0.15) is 0 Å². The number of carbonyl (C=O) groups excluding carboxylic acids is 2. The normalized spacial score (nSPS) is 12.0. The number of nitrogens with one attached hydrogen (secondary N) is 1. The Balaban J connectivity index is 2.07. The van der Waals surface area contributed by atoms with Crippen LogP contribution in [-0.2, 0) is 32.6 Å². The molecule has 0 aromatic heterocycles. The Bertz CT molecular complexity index is 1390. The van der Waals surface area contributed by atoms with Crippen LogP contribution < -0.4 is 9.62 Å². The van der Waals surface area contributed by atoms with Gasteiger partial charge in [0.15, 0.2) is 0 Å². The van der Waals surface area contributed by atoms with Crippen molar-refractivity contribution in [2.24, 2.45) is 0 Å². The molecule has 0 bridgehead atoms. The maximum absolute atomic E-state index is 14.0. The smallest absolute Gasteiger partial charge is 0.244 e. The first-order chi connectivity index (χ1) is 18.0. The van der Waals surface area contributed by atoms with Crippen molar-refractivity contribution in [1.82, 2.24) is 10.2 Å². The average Bonchev–Trinajstić information content (AvgIpc) is 2.86. The highest BCUT2D eigenvalue weighted by Crippen LogP contribution is 2.34. The van der Waals surface area contributed by atoms with Gasteiger partial charge in [-0.1, -0.05) is 87.7 Å². The molecule has 0 fully saturated rings. The zero-order valence-electron chi connectivity index (χ0n) is 20.9. The van der Waals surface area contributed by atoms with E-state index in [0.717, 1.165) is 26.2 Å². The molecule has 2 amide bonds. The van der Waals surface area contributed by atoms with Crippen LogP contribution in [0.2, 0.25) is 10.0 Å². The molecule has 0 spiro atoms. The van der Waals surface area contributed by atoms with Crippen LogP contribution in [0, 0.1) is 0 Å². The van der Waals surface area contributed by atoms with Gasteiger partial charge in [0.05, 0.1) is 22.0 Å². The Morgan fingerprint density at radius 3 is 2.26 bits per heavy atom. The number of benzene rings is 3. The molecule has 0 unspecified atom stereocenters. The molecule has 3 aromatic rings. The summed E-state index contributed by atoms with van der Waals surface area (Å²) in [7, 11) is -3.95. The predicted molar refractivity (Wildman–Crippen MR) is 156 cm³/mol. The molecule has 202 valence electrons. The molecule has 0 aliphatic rings. The third kappa shape index (κ3) is 7.96. The van der Waals surface area contributed by atoms with Crippen LogP contribution in [0.4, 0.5) is 5.69 Å². The highest BCUT2D eigenvalue weighted by molar-refractivity contribution is 9.10. The van der Waals surface area contributed by atoms with Crippen molar-refractivity contribution in [2.75, 3.05) is 23.7 Å². The molecule has 11 heteroatoms. The zero-order chi connectivity index (χ0) is 27.9. The van der Waals surface area contributed by atoms with Crippen molar-refractivity contribution >= 4 is 66.7 Å². The van der Waals surface area contributed by atoms with Gasteiger partial charge in [-0.3, -0.25) is 13.9 Å². The molecule has 38 heavy (non-hydrogen) atoms. The van der Waals surface area contributed by atoms with Crippen LogP contribution in [0.5, 0.6) is 0 Å². The molecule has 0 aliphatic carbocycles. The first-order valence-corrected chi connectivity index (χ1v) is 15.2. The fraction of sp³-hybridized carbons (Fsp3) is 0.259. The number of hydrogen-bond acceptors (Lipinski definition) is 4. The largest absolute Gasteiger partial charge is 0.355 e. The summed E-state index contributed by atoms with van der Waals surface area (Å²) in [6.07, 6.45) is 1.23. The Morgan fingerprint density at radius 1 is 0.974 bits per heavy atom. The highest BCUT2D eigenvalue weighted by atomic mass is 79.9. The van der Waals surface area contributed by atoms with Gasteiger partial charge in [0.2, 0.25) is 21.8 Å². The van der Waals surface area contributed by atoms with Crippen LogP contribution in [-0.4, -0.2) is 50.5 Å². The lowest BCUT2D eigenvalue weighted by atomic mass is 10.0. The summed E-state index contributed by atoms with van der Waals surface area (Å²) in [4.78, 5) is 28.7. The number of halogens is 3. The van der Waals surface area contributed by atoms with E-state index in [2.05, 4.69) is 21.2 Å². The molecule has 0 saturated carbocycles. The van der Waals surface area contributed by atoms with Crippen molar-refractivity contribution in [3.63, 3.8) is 0 Å². The quantitative estimate of drug-likeness (QED) is 0.308. The average molecular weight is 641 g/mol. The van der Waals surface area contributed by atoms with E-state index < -0.39 is 28.5 Å². The van der Waals surface area contributed by atoms with E-state index in [1.165, 1.54) is 17.0 Å². The number of likely N-dealkylation sites (N-methyl/N-ethyl adjacent to an activating group) is 1. The lowest BCUT2D eigenvalue weighted by Gasteiger charge is -2.33. The number of sulfonamides is 1. The van der Waals surface area contributed by atoms with Gasteiger partial charge in [-0.05, 0) is 42.3 Å². The van der Waals surface area contributed by atoms with Crippen LogP contribution >= 0.6 is 39.1 Å². The number of hydrogen-bond donors (Lipinski definition) is 1. The first kappa shape index (κ1) is 30.0. The molecule has 1 N–H and O–H groups in total. The van der Waals surface area contributed by atoms with Crippen molar-refractivity contribution in [3.05, 3.63) is 98.4 Å². The summed E-state index contributed by atoms with van der Waals surface area (Å²) in [5, 5.41) is 2.98. The molecule has 0 aliphatic heterocycles. The minimum Gasteiger partial charge on any atom is -0.355 e. The topological polar surface area (TPSA) is 86.8 Å². The zero-order valence-corrected chi connectivity index (χ0v) is 24.8.